The fourth-order valence-corrected chi connectivity index (χ4v) is 2.27. The number of aromatic nitrogens is 4. The first kappa shape index (κ1) is 16.6. The van der Waals surface area contributed by atoms with E-state index in [0.29, 0.717) is 17.9 Å². The Hall–Kier alpha value is -3.28. The maximum absolute atomic E-state index is 12.4. The van der Waals surface area contributed by atoms with E-state index in [2.05, 4.69) is 20.7 Å². The smallest absolute Gasteiger partial charge is 0.251 e. The Morgan fingerprint density at radius 2 is 1.96 bits per heavy atom. The van der Waals surface area contributed by atoms with Gasteiger partial charge in [0.15, 0.2) is 0 Å². The van der Waals surface area contributed by atoms with Gasteiger partial charge in [0.1, 0.15) is 0 Å². The zero-order valence-electron chi connectivity index (χ0n) is 14.2. The summed E-state index contributed by atoms with van der Waals surface area (Å²) in [6.07, 6.45) is 1.90. The van der Waals surface area contributed by atoms with Gasteiger partial charge in [-0.2, -0.15) is 0 Å². The molecule has 0 radical (unpaired) electrons. The van der Waals surface area contributed by atoms with Gasteiger partial charge in [0.2, 0.25) is 5.82 Å². The molecule has 1 aromatic heterocycles. The Bertz CT molecular complexity index is 899. The van der Waals surface area contributed by atoms with Crippen molar-refractivity contribution in [3.05, 3.63) is 71.8 Å². The van der Waals surface area contributed by atoms with Gasteiger partial charge in [-0.05, 0) is 36.8 Å². The van der Waals surface area contributed by atoms with E-state index in [9.17, 15) is 4.79 Å². The van der Waals surface area contributed by atoms with Gasteiger partial charge in [-0.15, -0.1) is 15.0 Å². The molecular weight excluding hydrogens is 314 g/mol. The summed E-state index contributed by atoms with van der Waals surface area (Å²) in [6.45, 7) is 4.30. The predicted octanol–water partition coefficient (Wildman–Crippen LogP) is 3.15. The third-order valence-electron chi connectivity index (χ3n) is 3.83. The van der Waals surface area contributed by atoms with Gasteiger partial charge in [-0.25, -0.2) is 0 Å². The number of hydrogen-bond donors (Lipinski definition) is 1. The third kappa shape index (κ3) is 3.98. The fraction of sp³-hybridized carbons (Fsp3) is 0.158. The highest BCUT2D eigenvalue weighted by atomic mass is 16.1. The molecule has 0 aliphatic carbocycles. The molecule has 6 heteroatoms. The number of amides is 1. The van der Waals surface area contributed by atoms with Gasteiger partial charge in [0.25, 0.3) is 5.91 Å². The number of carbonyl (C=O) groups is 1. The molecule has 0 bridgehead atoms. The third-order valence-corrected chi connectivity index (χ3v) is 3.83. The van der Waals surface area contributed by atoms with Crippen LogP contribution < -0.4 is 5.32 Å². The van der Waals surface area contributed by atoms with Crippen molar-refractivity contribution in [1.29, 1.82) is 0 Å². The standard InChI is InChI=1S/C19H19N5O/c1-3-14(2)24-22-18(21-23-24)16-10-7-11-17(12-16)19(25)20-13-15-8-5-4-6-9-15/h3-12H,13H2,1-2H3,(H,20,25)/b14-3-. The van der Waals surface area contributed by atoms with Crippen molar-refractivity contribution in [2.75, 3.05) is 0 Å². The quantitative estimate of drug-likeness (QED) is 0.778. The van der Waals surface area contributed by atoms with Crippen molar-refractivity contribution in [3.63, 3.8) is 0 Å². The highest BCUT2D eigenvalue weighted by molar-refractivity contribution is 5.95. The van der Waals surface area contributed by atoms with Crippen molar-refractivity contribution < 1.29 is 4.79 Å². The molecule has 25 heavy (non-hydrogen) atoms. The van der Waals surface area contributed by atoms with E-state index in [1.54, 1.807) is 12.1 Å². The zero-order valence-corrected chi connectivity index (χ0v) is 14.2. The molecular formula is C19H19N5O. The summed E-state index contributed by atoms with van der Waals surface area (Å²) in [7, 11) is 0. The maximum Gasteiger partial charge on any atom is 0.251 e. The summed E-state index contributed by atoms with van der Waals surface area (Å²) in [6, 6.07) is 17.0. The Balaban J connectivity index is 1.74. The fourth-order valence-electron chi connectivity index (χ4n) is 2.27. The lowest BCUT2D eigenvalue weighted by molar-refractivity contribution is 0.0951. The molecule has 3 aromatic rings. The first-order chi connectivity index (χ1) is 12.2. The van der Waals surface area contributed by atoms with E-state index in [-0.39, 0.29) is 5.91 Å². The van der Waals surface area contributed by atoms with Crippen LogP contribution in [-0.2, 0) is 6.54 Å². The maximum atomic E-state index is 12.4. The van der Waals surface area contributed by atoms with Crippen LogP contribution in [0.5, 0.6) is 0 Å². The predicted molar refractivity (Wildman–Crippen MR) is 96.5 cm³/mol. The van der Waals surface area contributed by atoms with Gasteiger partial charge < -0.3 is 5.32 Å². The van der Waals surface area contributed by atoms with Crippen LogP contribution in [0.3, 0.4) is 0 Å². The summed E-state index contributed by atoms with van der Waals surface area (Å²) in [5.74, 6) is 0.349. The van der Waals surface area contributed by atoms with Gasteiger partial charge in [-0.3, -0.25) is 4.79 Å². The van der Waals surface area contributed by atoms with Crippen molar-refractivity contribution in [2.45, 2.75) is 20.4 Å². The van der Waals surface area contributed by atoms with Crippen LogP contribution in [0.2, 0.25) is 0 Å². The average Bonchev–Trinajstić information content (AvgIpc) is 3.16. The number of nitrogens with zero attached hydrogens (tertiary/aromatic N) is 4. The van der Waals surface area contributed by atoms with Crippen LogP contribution in [0, 0.1) is 0 Å². The Labute approximate surface area is 146 Å². The number of allylic oxidation sites excluding steroid dienone is 2. The van der Waals surface area contributed by atoms with Crippen LogP contribution in [0.25, 0.3) is 17.1 Å². The van der Waals surface area contributed by atoms with Crippen molar-refractivity contribution in [3.8, 4) is 11.4 Å². The summed E-state index contributed by atoms with van der Waals surface area (Å²) in [5, 5.41) is 15.3. The molecule has 0 aliphatic heterocycles. The zero-order chi connectivity index (χ0) is 17.6. The van der Waals surface area contributed by atoms with Crippen molar-refractivity contribution in [1.82, 2.24) is 25.5 Å². The highest BCUT2D eigenvalue weighted by Crippen LogP contribution is 2.16. The Morgan fingerprint density at radius 1 is 1.16 bits per heavy atom. The molecule has 0 atom stereocenters. The second-order valence-corrected chi connectivity index (χ2v) is 5.58. The van der Waals surface area contributed by atoms with E-state index >= 15 is 0 Å². The second-order valence-electron chi connectivity index (χ2n) is 5.58. The minimum atomic E-state index is -0.136. The monoisotopic (exact) mass is 333 g/mol. The lowest BCUT2D eigenvalue weighted by Crippen LogP contribution is -2.22. The van der Waals surface area contributed by atoms with Crippen LogP contribution in [0.1, 0.15) is 29.8 Å². The molecule has 0 saturated heterocycles. The number of tetrazole rings is 1. The first-order valence-electron chi connectivity index (χ1n) is 8.03. The van der Waals surface area contributed by atoms with Crippen LogP contribution in [-0.4, -0.2) is 26.1 Å². The van der Waals surface area contributed by atoms with E-state index in [0.717, 1.165) is 16.8 Å². The topological polar surface area (TPSA) is 72.7 Å². The van der Waals surface area contributed by atoms with E-state index in [1.807, 2.05) is 62.4 Å². The van der Waals surface area contributed by atoms with Crippen LogP contribution >= 0.6 is 0 Å². The number of carbonyl (C=O) groups excluding carboxylic acids is 1. The summed E-state index contributed by atoms with van der Waals surface area (Å²) >= 11 is 0. The molecule has 0 unspecified atom stereocenters. The number of nitrogens with one attached hydrogen (secondary N) is 1. The lowest BCUT2D eigenvalue weighted by atomic mass is 10.1. The highest BCUT2D eigenvalue weighted by Gasteiger charge is 2.11. The normalized spacial score (nSPS) is 11.4. The first-order valence-corrected chi connectivity index (χ1v) is 8.03. The number of benzene rings is 2. The molecule has 126 valence electrons. The minimum Gasteiger partial charge on any atom is -0.348 e. The van der Waals surface area contributed by atoms with Crippen LogP contribution in [0.4, 0.5) is 0 Å². The minimum absolute atomic E-state index is 0.136. The summed E-state index contributed by atoms with van der Waals surface area (Å²) in [4.78, 5) is 13.8. The molecule has 1 amide bonds. The SMILES string of the molecule is C/C=C(/C)n1nnc(-c2cccc(C(=O)NCc3ccccc3)c2)n1. The van der Waals surface area contributed by atoms with Crippen LogP contribution in [0.15, 0.2) is 60.7 Å². The second kappa shape index (κ2) is 7.53. The average molecular weight is 333 g/mol. The van der Waals surface area contributed by atoms with Gasteiger partial charge >= 0.3 is 0 Å². The Kier molecular flexibility index (Phi) is 4.99. The van der Waals surface area contributed by atoms with E-state index in [1.165, 1.54) is 4.80 Å². The molecule has 2 aromatic carbocycles. The summed E-state index contributed by atoms with van der Waals surface area (Å²) < 4.78 is 0. The van der Waals surface area contributed by atoms with Gasteiger partial charge in [0, 0.05) is 17.7 Å². The Morgan fingerprint density at radius 3 is 2.72 bits per heavy atom. The molecule has 0 aliphatic rings. The number of rotatable bonds is 5. The summed E-state index contributed by atoms with van der Waals surface area (Å²) in [5.41, 5.74) is 3.25. The van der Waals surface area contributed by atoms with Gasteiger partial charge in [0.05, 0.1) is 5.70 Å². The van der Waals surface area contributed by atoms with Crippen molar-refractivity contribution in [2.24, 2.45) is 0 Å². The molecule has 6 nitrogen and oxygen atoms in total. The molecule has 0 fully saturated rings. The van der Waals surface area contributed by atoms with E-state index in [4.69, 9.17) is 0 Å². The molecule has 3 rings (SSSR count). The van der Waals surface area contributed by atoms with Gasteiger partial charge in [-0.1, -0.05) is 48.5 Å². The molecule has 1 N–H and O–H groups in total. The van der Waals surface area contributed by atoms with Crippen molar-refractivity contribution >= 4 is 11.6 Å². The molecule has 1 heterocycles. The molecule has 0 spiro atoms. The largest absolute Gasteiger partial charge is 0.348 e. The lowest BCUT2D eigenvalue weighted by Gasteiger charge is -2.06. The molecule has 0 saturated carbocycles. The number of hydrogen-bond acceptors (Lipinski definition) is 4. The van der Waals surface area contributed by atoms with E-state index < -0.39 is 0 Å².